The summed E-state index contributed by atoms with van der Waals surface area (Å²) in [5.74, 6) is -0.0260. The number of halogens is 2. The first-order valence-electron chi connectivity index (χ1n) is 5.57. The van der Waals surface area contributed by atoms with Gasteiger partial charge in [0.05, 0.1) is 11.2 Å². The molecule has 0 spiro atoms. The molecule has 0 bridgehead atoms. The number of carbonyl (C=O) groups excluding carboxylic acids is 1. The minimum absolute atomic E-state index is 0. The van der Waals surface area contributed by atoms with Crippen LogP contribution < -0.4 is 10.6 Å². The van der Waals surface area contributed by atoms with Crippen molar-refractivity contribution in [3.8, 4) is 0 Å². The molecule has 18 heavy (non-hydrogen) atoms. The van der Waals surface area contributed by atoms with E-state index in [2.05, 4.69) is 22.5 Å². The Morgan fingerprint density at radius 3 is 2.72 bits per heavy atom. The molecule has 2 N–H and O–H groups in total. The second kappa shape index (κ2) is 10.6. The zero-order chi connectivity index (χ0) is 12.0. The molecule has 1 aromatic rings. The average Bonchev–Trinajstić information content (AvgIpc) is 2.74. The Labute approximate surface area is 125 Å². The topological polar surface area (TPSA) is 54.0 Å². The number of nitrogens with one attached hydrogen (secondary N) is 2. The molecule has 1 unspecified atom stereocenters. The lowest BCUT2D eigenvalue weighted by molar-refractivity contribution is 0.0954. The van der Waals surface area contributed by atoms with E-state index in [4.69, 9.17) is 0 Å². The van der Waals surface area contributed by atoms with E-state index in [9.17, 15) is 4.79 Å². The third-order valence-corrected chi connectivity index (χ3v) is 3.36. The number of hydrogen-bond acceptors (Lipinski definition) is 4. The molecule has 0 aromatic carbocycles. The van der Waals surface area contributed by atoms with Gasteiger partial charge in [0.2, 0.25) is 0 Å². The van der Waals surface area contributed by atoms with Crippen LogP contribution in [0, 0.1) is 0 Å². The number of carbonyl (C=O) groups is 1. The van der Waals surface area contributed by atoms with Gasteiger partial charge in [-0.2, -0.15) is 0 Å². The molecule has 0 aliphatic carbocycles. The molecule has 4 nitrogen and oxygen atoms in total. The summed E-state index contributed by atoms with van der Waals surface area (Å²) in [5.41, 5.74) is 0. The average molecular weight is 314 g/mol. The molecule has 0 aliphatic heterocycles. The largest absolute Gasteiger partial charge is 0.350 e. The predicted octanol–water partition coefficient (Wildman–Crippen LogP) is 2.28. The van der Waals surface area contributed by atoms with Gasteiger partial charge < -0.3 is 10.6 Å². The van der Waals surface area contributed by atoms with Crippen molar-refractivity contribution >= 4 is 42.1 Å². The zero-order valence-electron chi connectivity index (χ0n) is 10.9. The summed E-state index contributed by atoms with van der Waals surface area (Å²) in [4.78, 5) is 16.6. The molecule has 0 saturated heterocycles. The van der Waals surface area contributed by atoms with E-state index in [0.717, 1.165) is 17.8 Å². The van der Waals surface area contributed by atoms with Crippen LogP contribution >= 0.6 is 36.2 Å². The first kappa shape index (κ1) is 20.0. The molecule has 1 heterocycles. The van der Waals surface area contributed by atoms with E-state index in [1.807, 2.05) is 14.0 Å². The van der Waals surface area contributed by atoms with Gasteiger partial charge in [-0.3, -0.25) is 4.79 Å². The van der Waals surface area contributed by atoms with Crippen molar-refractivity contribution in [1.82, 2.24) is 15.6 Å². The van der Waals surface area contributed by atoms with E-state index < -0.39 is 0 Å². The van der Waals surface area contributed by atoms with Crippen LogP contribution in [-0.4, -0.2) is 30.5 Å². The molecule has 1 atom stereocenters. The monoisotopic (exact) mass is 313 g/mol. The summed E-state index contributed by atoms with van der Waals surface area (Å²) in [6.45, 7) is 4.77. The Hall–Kier alpha value is -0.360. The maximum atomic E-state index is 11.7. The van der Waals surface area contributed by atoms with Crippen LogP contribution in [0.25, 0.3) is 0 Å². The fraction of sp³-hybridized carbons (Fsp3) is 0.636. The molecule has 0 radical (unpaired) electrons. The van der Waals surface area contributed by atoms with Gasteiger partial charge in [-0.25, -0.2) is 4.98 Å². The summed E-state index contributed by atoms with van der Waals surface area (Å²) >= 11 is 1.48. The fourth-order valence-electron chi connectivity index (χ4n) is 1.18. The van der Waals surface area contributed by atoms with Crippen LogP contribution in [-0.2, 0) is 6.42 Å². The molecule has 0 aliphatic rings. The van der Waals surface area contributed by atoms with Crippen LogP contribution in [0.2, 0.25) is 0 Å². The molecule has 0 saturated carbocycles. The summed E-state index contributed by atoms with van der Waals surface area (Å²) in [7, 11) is 1.88. The number of thiazole rings is 1. The van der Waals surface area contributed by atoms with E-state index in [0.29, 0.717) is 11.4 Å². The first-order chi connectivity index (χ1) is 7.67. The molecule has 1 aromatic heterocycles. The molecule has 0 fully saturated rings. The minimum Gasteiger partial charge on any atom is -0.350 e. The highest BCUT2D eigenvalue weighted by atomic mass is 35.5. The minimum atomic E-state index is -0.0260. The van der Waals surface area contributed by atoms with Gasteiger partial charge in [0.1, 0.15) is 4.88 Å². The van der Waals surface area contributed by atoms with Gasteiger partial charge in [0.15, 0.2) is 0 Å². The van der Waals surface area contributed by atoms with E-state index >= 15 is 0 Å². The third-order valence-electron chi connectivity index (χ3n) is 2.30. The first-order valence-corrected chi connectivity index (χ1v) is 6.39. The molecule has 1 rings (SSSR count). The van der Waals surface area contributed by atoms with Gasteiger partial charge in [-0.1, -0.05) is 6.92 Å². The van der Waals surface area contributed by atoms with Crippen molar-refractivity contribution in [2.75, 3.05) is 13.6 Å². The van der Waals surface area contributed by atoms with Crippen molar-refractivity contribution < 1.29 is 4.79 Å². The van der Waals surface area contributed by atoms with Crippen molar-refractivity contribution in [2.45, 2.75) is 32.7 Å². The lowest BCUT2D eigenvalue weighted by atomic mass is 10.3. The van der Waals surface area contributed by atoms with E-state index in [1.54, 1.807) is 6.20 Å². The van der Waals surface area contributed by atoms with Gasteiger partial charge in [-0.05, 0) is 26.8 Å². The summed E-state index contributed by atoms with van der Waals surface area (Å²) < 4.78 is 0. The predicted molar refractivity (Wildman–Crippen MR) is 81.5 cm³/mol. The number of aromatic nitrogens is 1. The Kier molecular flexibility index (Phi) is 11.7. The van der Waals surface area contributed by atoms with Crippen LogP contribution in [0.4, 0.5) is 0 Å². The van der Waals surface area contributed by atoms with Crippen LogP contribution in [0.3, 0.4) is 0 Å². The Balaban J connectivity index is 0. The van der Waals surface area contributed by atoms with E-state index in [-0.39, 0.29) is 36.8 Å². The summed E-state index contributed by atoms with van der Waals surface area (Å²) in [6.07, 6.45) is 3.67. The van der Waals surface area contributed by atoms with E-state index in [1.165, 1.54) is 11.3 Å². The Bertz CT molecular complexity index is 347. The molecular weight excluding hydrogens is 293 g/mol. The van der Waals surface area contributed by atoms with Gasteiger partial charge in [0.25, 0.3) is 5.91 Å². The van der Waals surface area contributed by atoms with Gasteiger partial charge >= 0.3 is 0 Å². The Morgan fingerprint density at radius 1 is 1.50 bits per heavy atom. The highest BCUT2D eigenvalue weighted by molar-refractivity contribution is 7.13. The number of rotatable bonds is 6. The van der Waals surface area contributed by atoms with Crippen molar-refractivity contribution in [1.29, 1.82) is 0 Å². The molecule has 7 heteroatoms. The molecular formula is C11H21Cl2N3OS. The third kappa shape index (κ3) is 6.54. The smallest absolute Gasteiger partial charge is 0.263 e. The van der Waals surface area contributed by atoms with Crippen molar-refractivity contribution in [2.24, 2.45) is 0 Å². The Morgan fingerprint density at radius 2 is 2.17 bits per heavy atom. The second-order valence-electron chi connectivity index (χ2n) is 3.77. The number of likely N-dealkylation sites (N-methyl/N-ethyl adjacent to an activating group) is 1. The second-order valence-corrected chi connectivity index (χ2v) is 4.88. The van der Waals surface area contributed by atoms with Crippen molar-refractivity contribution in [3.05, 3.63) is 16.1 Å². The van der Waals surface area contributed by atoms with Crippen LogP contribution in [0.1, 0.15) is 34.9 Å². The lowest BCUT2D eigenvalue weighted by Crippen LogP contribution is -2.36. The lowest BCUT2D eigenvalue weighted by Gasteiger charge is -2.10. The molecule has 106 valence electrons. The number of amides is 1. The highest BCUT2D eigenvalue weighted by Crippen LogP contribution is 2.14. The SMILES string of the molecule is CCCc1ncc(C(=O)NCC(C)NC)s1.Cl.Cl. The number of aryl methyl sites for hydroxylation is 1. The number of nitrogens with zero attached hydrogens (tertiary/aromatic N) is 1. The highest BCUT2D eigenvalue weighted by Gasteiger charge is 2.10. The normalized spacial score (nSPS) is 11.1. The van der Waals surface area contributed by atoms with Crippen LogP contribution in [0.15, 0.2) is 6.20 Å². The van der Waals surface area contributed by atoms with Crippen molar-refractivity contribution in [3.63, 3.8) is 0 Å². The fourth-order valence-corrected chi connectivity index (χ4v) is 2.12. The van der Waals surface area contributed by atoms with Crippen LogP contribution in [0.5, 0.6) is 0 Å². The summed E-state index contributed by atoms with van der Waals surface area (Å²) in [5, 5.41) is 6.98. The maximum absolute atomic E-state index is 11.7. The standard InChI is InChI=1S/C11H19N3OS.2ClH/c1-4-5-10-13-7-9(16-10)11(15)14-6-8(2)12-3;;/h7-8,12H,4-6H2,1-3H3,(H,14,15);2*1H. The molecule has 1 amide bonds. The summed E-state index contributed by atoms with van der Waals surface area (Å²) in [6, 6.07) is 0.284. The van der Waals surface area contributed by atoms with Gasteiger partial charge in [0, 0.05) is 12.6 Å². The zero-order valence-corrected chi connectivity index (χ0v) is 13.3. The van der Waals surface area contributed by atoms with Gasteiger partial charge in [-0.15, -0.1) is 36.2 Å². The maximum Gasteiger partial charge on any atom is 0.263 e. The number of hydrogen-bond donors (Lipinski definition) is 2. The quantitative estimate of drug-likeness (QED) is 0.847.